The first-order valence-corrected chi connectivity index (χ1v) is 7.71. The highest BCUT2D eigenvalue weighted by Gasteiger charge is 2.17. The third-order valence-corrected chi connectivity index (χ3v) is 4.48. The van der Waals surface area contributed by atoms with Crippen molar-refractivity contribution in [1.29, 1.82) is 0 Å². The summed E-state index contributed by atoms with van der Waals surface area (Å²) in [5.41, 5.74) is 4.31. The average molecular weight is 260 g/mol. The van der Waals surface area contributed by atoms with Crippen LogP contribution in [0.15, 0.2) is 18.2 Å². The van der Waals surface area contributed by atoms with Gasteiger partial charge in [-0.2, -0.15) is 0 Å². The standard InChI is InChI=1S/C17H24O2/c18-16(8-9-17-5-2-10-19-17)12-13-6-7-14-3-1-4-15(14)11-13/h6-7,11,16-18H,1-5,8-10,12H2. The summed E-state index contributed by atoms with van der Waals surface area (Å²) in [6.07, 6.45) is 8.94. The molecule has 0 radical (unpaired) electrons. The van der Waals surface area contributed by atoms with Gasteiger partial charge in [0.25, 0.3) is 0 Å². The zero-order valence-electron chi connectivity index (χ0n) is 11.6. The smallest absolute Gasteiger partial charge is 0.0581 e. The van der Waals surface area contributed by atoms with Crippen LogP contribution in [-0.4, -0.2) is 23.9 Å². The second-order valence-corrected chi connectivity index (χ2v) is 6.03. The SMILES string of the molecule is OC(CCC1CCCO1)Cc1ccc2c(c1)CCC2. The molecule has 1 aliphatic heterocycles. The Morgan fingerprint density at radius 3 is 2.95 bits per heavy atom. The Hall–Kier alpha value is -0.860. The molecule has 1 aromatic rings. The topological polar surface area (TPSA) is 29.5 Å². The number of ether oxygens (including phenoxy) is 1. The number of aryl methyl sites for hydroxylation is 2. The van der Waals surface area contributed by atoms with Gasteiger partial charge in [-0.3, -0.25) is 0 Å². The van der Waals surface area contributed by atoms with Crippen LogP contribution in [0.25, 0.3) is 0 Å². The van der Waals surface area contributed by atoms with Crippen LogP contribution in [0.4, 0.5) is 0 Å². The Morgan fingerprint density at radius 1 is 1.21 bits per heavy atom. The second kappa shape index (κ2) is 6.06. The van der Waals surface area contributed by atoms with Crippen molar-refractivity contribution in [1.82, 2.24) is 0 Å². The van der Waals surface area contributed by atoms with Gasteiger partial charge in [-0.15, -0.1) is 0 Å². The minimum absolute atomic E-state index is 0.219. The van der Waals surface area contributed by atoms with Gasteiger partial charge in [-0.25, -0.2) is 0 Å². The summed E-state index contributed by atoms with van der Waals surface area (Å²) < 4.78 is 5.60. The van der Waals surface area contributed by atoms with Crippen LogP contribution in [0.1, 0.15) is 48.8 Å². The summed E-state index contributed by atoms with van der Waals surface area (Å²) in [7, 11) is 0. The second-order valence-electron chi connectivity index (χ2n) is 6.03. The molecule has 0 spiro atoms. The summed E-state index contributed by atoms with van der Waals surface area (Å²) >= 11 is 0. The van der Waals surface area contributed by atoms with Crippen LogP contribution in [0.3, 0.4) is 0 Å². The zero-order valence-corrected chi connectivity index (χ0v) is 11.6. The fourth-order valence-electron chi connectivity index (χ4n) is 3.38. The summed E-state index contributed by atoms with van der Waals surface area (Å²) in [4.78, 5) is 0. The Labute approximate surface area is 115 Å². The maximum absolute atomic E-state index is 10.2. The van der Waals surface area contributed by atoms with E-state index in [2.05, 4.69) is 18.2 Å². The van der Waals surface area contributed by atoms with Crippen molar-refractivity contribution in [3.8, 4) is 0 Å². The quantitative estimate of drug-likeness (QED) is 0.881. The van der Waals surface area contributed by atoms with E-state index in [0.29, 0.717) is 6.10 Å². The largest absolute Gasteiger partial charge is 0.393 e. The molecule has 2 unspecified atom stereocenters. The van der Waals surface area contributed by atoms with Gasteiger partial charge < -0.3 is 9.84 Å². The molecular weight excluding hydrogens is 236 g/mol. The van der Waals surface area contributed by atoms with Gasteiger partial charge in [0.1, 0.15) is 0 Å². The first-order chi connectivity index (χ1) is 9.31. The van der Waals surface area contributed by atoms with Gasteiger partial charge in [0, 0.05) is 6.61 Å². The van der Waals surface area contributed by atoms with E-state index >= 15 is 0 Å². The first kappa shape index (κ1) is 13.1. The van der Waals surface area contributed by atoms with Gasteiger partial charge >= 0.3 is 0 Å². The molecule has 0 bridgehead atoms. The molecule has 1 aromatic carbocycles. The minimum Gasteiger partial charge on any atom is -0.393 e. The summed E-state index contributed by atoms with van der Waals surface area (Å²) in [5.74, 6) is 0. The summed E-state index contributed by atoms with van der Waals surface area (Å²) in [6, 6.07) is 6.75. The van der Waals surface area contributed by atoms with E-state index in [1.807, 2.05) is 0 Å². The number of rotatable bonds is 5. The number of fused-ring (bicyclic) bond motifs is 1. The van der Waals surface area contributed by atoms with Gasteiger partial charge in [0.2, 0.25) is 0 Å². The lowest BCUT2D eigenvalue weighted by Crippen LogP contribution is -2.15. The normalized spacial score (nSPS) is 23.5. The number of aliphatic hydroxyl groups excluding tert-OH is 1. The Kier molecular flexibility index (Phi) is 4.19. The fourth-order valence-corrected chi connectivity index (χ4v) is 3.38. The molecule has 1 saturated heterocycles. The van der Waals surface area contributed by atoms with Crippen molar-refractivity contribution in [3.05, 3.63) is 34.9 Å². The van der Waals surface area contributed by atoms with Gasteiger partial charge in [-0.1, -0.05) is 18.2 Å². The fraction of sp³-hybridized carbons (Fsp3) is 0.647. The van der Waals surface area contributed by atoms with Crippen molar-refractivity contribution in [3.63, 3.8) is 0 Å². The molecule has 1 heterocycles. The van der Waals surface area contributed by atoms with Crippen LogP contribution in [0, 0.1) is 0 Å². The first-order valence-electron chi connectivity index (χ1n) is 7.71. The van der Waals surface area contributed by atoms with E-state index in [4.69, 9.17) is 4.74 Å². The number of benzene rings is 1. The molecule has 2 nitrogen and oxygen atoms in total. The number of aliphatic hydroxyl groups is 1. The van der Waals surface area contributed by atoms with Crippen LogP contribution >= 0.6 is 0 Å². The molecule has 2 aliphatic rings. The van der Waals surface area contributed by atoms with Crippen LogP contribution < -0.4 is 0 Å². The van der Waals surface area contributed by atoms with Gasteiger partial charge in [-0.05, 0) is 68.1 Å². The molecule has 2 atom stereocenters. The van der Waals surface area contributed by atoms with Crippen LogP contribution in [0.2, 0.25) is 0 Å². The lowest BCUT2D eigenvalue weighted by molar-refractivity contribution is 0.0813. The molecule has 1 fully saturated rings. The molecule has 1 N–H and O–H groups in total. The van der Waals surface area contributed by atoms with Gasteiger partial charge in [0.05, 0.1) is 12.2 Å². The predicted molar refractivity (Wildman–Crippen MR) is 76.4 cm³/mol. The van der Waals surface area contributed by atoms with E-state index in [0.717, 1.165) is 25.9 Å². The van der Waals surface area contributed by atoms with Crippen molar-refractivity contribution < 1.29 is 9.84 Å². The van der Waals surface area contributed by atoms with E-state index in [-0.39, 0.29) is 6.10 Å². The molecule has 19 heavy (non-hydrogen) atoms. The molecule has 2 heteroatoms. The van der Waals surface area contributed by atoms with E-state index in [1.54, 1.807) is 0 Å². The Balaban J connectivity index is 1.49. The lowest BCUT2D eigenvalue weighted by Gasteiger charge is -2.14. The van der Waals surface area contributed by atoms with Crippen LogP contribution in [0.5, 0.6) is 0 Å². The molecular formula is C17H24O2. The van der Waals surface area contributed by atoms with Crippen LogP contribution in [-0.2, 0) is 24.0 Å². The predicted octanol–water partition coefficient (Wildman–Crippen LogP) is 3.04. The van der Waals surface area contributed by atoms with Gasteiger partial charge in [0.15, 0.2) is 0 Å². The number of hydrogen-bond donors (Lipinski definition) is 1. The molecule has 1 aliphatic carbocycles. The van der Waals surface area contributed by atoms with E-state index in [9.17, 15) is 5.11 Å². The van der Waals surface area contributed by atoms with Crippen molar-refractivity contribution in [2.45, 2.75) is 63.6 Å². The Bertz CT molecular complexity index is 421. The molecule has 104 valence electrons. The molecule has 0 amide bonds. The summed E-state index contributed by atoms with van der Waals surface area (Å²) in [6.45, 7) is 0.908. The monoisotopic (exact) mass is 260 g/mol. The van der Waals surface area contributed by atoms with Crippen molar-refractivity contribution >= 4 is 0 Å². The third kappa shape index (κ3) is 3.37. The van der Waals surface area contributed by atoms with E-state index in [1.165, 1.54) is 48.8 Å². The highest BCUT2D eigenvalue weighted by molar-refractivity contribution is 5.35. The van der Waals surface area contributed by atoms with Crippen molar-refractivity contribution in [2.24, 2.45) is 0 Å². The highest BCUT2D eigenvalue weighted by Crippen LogP contribution is 2.24. The molecule has 0 saturated carbocycles. The summed E-state index contributed by atoms with van der Waals surface area (Å²) in [5, 5.41) is 10.2. The third-order valence-electron chi connectivity index (χ3n) is 4.48. The maximum Gasteiger partial charge on any atom is 0.0581 e. The number of hydrogen-bond acceptors (Lipinski definition) is 2. The minimum atomic E-state index is -0.219. The molecule has 0 aromatic heterocycles. The zero-order chi connectivity index (χ0) is 13.1. The lowest BCUT2D eigenvalue weighted by atomic mass is 9.99. The highest BCUT2D eigenvalue weighted by atomic mass is 16.5. The van der Waals surface area contributed by atoms with Crippen molar-refractivity contribution in [2.75, 3.05) is 6.61 Å². The maximum atomic E-state index is 10.2. The average Bonchev–Trinajstić information content (AvgIpc) is 3.07. The van der Waals surface area contributed by atoms with E-state index < -0.39 is 0 Å². The Morgan fingerprint density at radius 2 is 2.11 bits per heavy atom. The molecule has 3 rings (SSSR count).